The lowest BCUT2D eigenvalue weighted by Gasteiger charge is -2.32. The summed E-state index contributed by atoms with van der Waals surface area (Å²) in [5.41, 5.74) is 0.399. The quantitative estimate of drug-likeness (QED) is 0.724. The van der Waals surface area contributed by atoms with Crippen LogP contribution in [-0.2, 0) is 9.31 Å². The summed E-state index contributed by atoms with van der Waals surface area (Å²) in [6, 6.07) is 0. The molecule has 3 rings (SSSR count). The van der Waals surface area contributed by atoms with Crippen molar-refractivity contribution in [3.05, 3.63) is 24.4 Å². The molecule has 0 aliphatic carbocycles. The zero-order chi connectivity index (χ0) is 13.8. The number of hydrogen-bond acceptors (Lipinski definition) is 4. The van der Waals surface area contributed by atoms with E-state index in [9.17, 15) is 4.39 Å². The largest absolute Gasteiger partial charge is 0.500 e. The number of nitrogens with zero attached hydrogens (tertiary/aromatic N) is 3. The van der Waals surface area contributed by atoms with Crippen molar-refractivity contribution in [2.24, 2.45) is 0 Å². The van der Waals surface area contributed by atoms with Crippen LogP contribution in [0.1, 0.15) is 27.7 Å². The topological polar surface area (TPSA) is 48.7 Å². The molecule has 1 fully saturated rings. The third-order valence-corrected chi connectivity index (χ3v) is 3.86. The van der Waals surface area contributed by atoms with Gasteiger partial charge in [0, 0.05) is 5.46 Å². The van der Waals surface area contributed by atoms with Gasteiger partial charge < -0.3 is 9.31 Å². The SMILES string of the molecule is CC1(C)OB(c2cnn3cc(F)cnc23)OC1(C)C. The summed E-state index contributed by atoms with van der Waals surface area (Å²) in [7, 11) is -0.541. The van der Waals surface area contributed by atoms with Crippen molar-refractivity contribution in [3.63, 3.8) is 0 Å². The maximum absolute atomic E-state index is 13.1. The number of aromatic nitrogens is 3. The maximum atomic E-state index is 13.1. The van der Waals surface area contributed by atoms with E-state index in [-0.39, 0.29) is 0 Å². The van der Waals surface area contributed by atoms with Gasteiger partial charge in [0.15, 0.2) is 11.5 Å². The van der Waals surface area contributed by atoms with Crippen LogP contribution in [0.5, 0.6) is 0 Å². The number of halogens is 1. The zero-order valence-corrected chi connectivity index (χ0v) is 11.3. The van der Waals surface area contributed by atoms with E-state index >= 15 is 0 Å². The zero-order valence-electron chi connectivity index (χ0n) is 11.3. The summed E-state index contributed by atoms with van der Waals surface area (Å²) in [6.45, 7) is 7.91. The Hall–Kier alpha value is -1.47. The minimum absolute atomic E-state index is 0.425. The molecule has 3 heterocycles. The molecular weight excluding hydrogens is 248 g/mol. The number of rotatable bonds is 1. The van der Waals surface area contributed by atoms with Crippen molar-refractivity contribution in [3.8, 4) is 0 Å². The van der Waals surface area contributed by atoms with Crippen LogP contribution in [0.15, 0.2) is 18.6 Å². The Balaban J connectivity index is 2.03. The molecule has 0 amide bonds. The van der Waals surface area contributed by atoms with E-state index in [0.717, 1.165) is 6.20 Å². The Morgan fingerprint density at radius 2 is 1.79 bits per heavy atom. The first-order valence-electron chi connectivity index (χ1n) is 6.15. The lowest BCUT2D eigenvalue weighted by Crippen LogP contribution is -2.41. The normalized spacial score (nSPS) is 21.2. The summed E-state index contributed by atoms with van der Waals surface area (Å²) in [5.74, 6) is -0.434. The number of hydrogen-bond donors (Lipinski definition) is 0. The monoisotopic (exact) mass is 263 g/mol. The van der Waals surface area contributed by atoms with Gasteiger partial charge in [0.25, 0.3) is 0 Å². The molecule has 0 radical (unpaired) electrons. The van der Waals surface area contributed by atoms with Crippen LogP contribution in [-0.4, -0.2) is 32.9 Å². The van der Waals surface area contributed by atoms with Gasteiger partial charge in [0.2, 0.25) is 0 Å². The smallest absolute Gasteiger partial charge is 0.399 e. The minimum atomic E-state index is -0.541. The van der Waals surface area contributed by atoms with Crippen LogP contribution in [0.25, 0.3) is 5.65 Å². The van der Waals surface area contributed by atoms with Crippen LogP contribution in [0.3, 0.4) is 0 Å². The molecule has 2 aromatic heterocycles. The first-order valence-corrected chi connectivity index (χ1v) is 6.15. The Morgan fingerprint density at radius 1 is 1.16 bits per heavy atom. The summed E-state index contributed by atoms with van der Waals surface area (Å²) in [5, 5.41) is 4.07. The molecule has 0 spiro atoms. The Morgan fingerprint density at radius 3 is 2.42 bits per heavy atom. The highest BCUT2D eigenvalue weighted by molar-refractivity contribution is 6.64. The summed E-state index contributed by atoms with van der Waals surface area (Å²) in [4.78, 5) is 4.05. The van der Waals surface area contributed by atoms with E-state index in [1.807, 2.05) is 27.7 Å². The van der Waals surface area contributed by atoms with Crippen LogP contribution < -0.4 is 5.46 Å². The molecule has 0 bridgehead atoms. The Kier molecular flexibility index (Phi) is 2.49. The Labute approximate surface area is 110 Å². The Bertz CT molecular complexity index is 625. The van der Waals surface area contributed by atoms with Gasteiger partial charge in [-0.3, -0.25) is 0 Å². The van der Waals surface area contributed by atoms with E-state index in [0.29, 0.717) is 11.1 Å². The molecule has 0 unspecified atom stereocenters. The fraction of sp³-hybridized carbons (Fsp3) is 0.500. The summed E-state index contributed by atoms with van der Waals surface area (Å²) >= 11 is 0. The predicted octanol–water partition coefficient (Wildman–Crippen LogP) is 1.17. The second-order valence-corrected chi connectivity index (χ2v) is 5.73. The van der Waals surface area contributed by atoms with E-state index < -0.39 is 24.1 Å². The van der Waals surface area contributed by atoms with Gasteiger partial charge in [-0.2, -0.15) is 5.10 Å². The van der Waals surface area contributed by atoms with E-state index in [4.69, 9.17) is 9.31 Å². The van der Waals surface area contributed by atoms with Crippen molar-refractivity contribution < 1.29 is 13.7 Å². The molecule has 2 aromatic rings. The molecule has 0 aromatic carbocycles. The summed E-state index contributed by atoms with van der Waals surface area (Å²) in [6.07, 6.45) is 4.03. The maximum Gasteiger partial charge on any atom is 0.500 e. The van der Waals surface area contributed by atoms with E-state index in [1.165, 1.54) is 10.7 Å². The molecule has 0 N–H and O–H groups in total. The lowest BCUT2D eigenvalue weighted by atomic mass is 9.81. The second-order valence-electron chi connectivity index (χ2n) is 5.73. The third kappa shape index (κ3) is 1.84. The van der Waals surface area contributed by atoms with Gasteiger partial charge >= 0.3 is 7.12 Å². The molecular formula is C12H15BFN3O2. The molecule has 0 saturated carbocycles. The van der Waals surface area contributed by atoms with Crippen LogP contribution >= 0.6 is 0 Å². The highest BCUT2D eigenvalue weighted by atomic mass is 19.1. The molecule has 7 heteroatoms. The minimum Gasteiger partial charge on any atom is -0.399 e. The molecule has 0 atom stereocenters. The van der Waals surface area contributed by atoms with Crippen molar-refractivity contribution in [2.45, 2.75) is 38.9 Å². The molecule has 1 saturated heterocycles. The van der Waals surface area contributed by atoms with Gasteiger partial charge in [-0.15, -0.1) is 0 Å². The molecule has 1 aliphatic rings. The first-order chi connectivity index (χ1) is 8.80. The van der Waals surface area contributed by atoms with Gasteiger partial charge in [-0.05, 0) is 27.7 Å². The van der Waals surface area contributed by atoms with Crippen molar-refractivity contribution in [1.29, 1.82) is 0 Å². The van der Waals surface area contributed by atoms with Gasteiger partial charge in [0.1, 0.15) is 0 Å². The van der Waals surface area contributed by atoms with E-state index in [1.54, 1.807) is 6.20 Å². The average Bonchev–Trinajstić information content (AvgIpc) is 2.77. The lowest BCUT2D eigenvalue weighted by molar-refractivity contribution is 0.00578. The molecule has 1 aliphatic heterocycles. The average molecular weight is 263 g/mol. The molecule has 19 heavy (non-hydrogen) atoms. The van der Waals surface area contributed by atoms with Crippen LogP contribution in [0.2, 0.25) is 0 Å². The highest BCUT2D eigenvalue weighted by Gasteiger charge is 2.52. The predicted molar refractivity (Wildman–Crippen MR) is 68.7 cm³/mol. The fourth-order valence-corrected chi connectivity index (χ4v) is 2.01. The van der Waals surface area contributed by atoms with E-state index in [2.05, 4.69) is 10.1 Å². The third-order valence-electron chi connectivity index (χ3n) is 3.86. The number of fused-ring (bicyclic) bond motifs is 1. The van der Waals surface area contributed by atoms with Crippen molar-refractivity contribution in [1.82, 2.24) is 14.6 Å². The molecule has 100 valence electrons. The van der Waals surface area contributed by atoms with Gasteiger partial charge in [-0.1, -0.05) is 0 Å². The standard InChI is InChI=1S/C12H15BFN3O2/c1-11(2)12(3,4)19-13(18-11)9-6-16-17-7-8(14)5-15-10(9)17/h5-7H,1-4H3. The highest BCUT2D eigenvalue weighted by Crippen LogP contribution is 2.36. The van der Waals surface area contributed by atoms with Crippen molar-refractivity contribution in [2.75, 3.05) is 0 Å². The molecule has 5 nitrogen and oxygen atoms in total. The summed E-state index contributed by atoms with van der Waals surface area (Å²) < 4.78 is 26.3. The van der Waals surface area contributed by atoms with Crippen molar-refractivity contribution >= 4 is 18.2 Å². The second kappa shape index (κ2) is 3.77. The van der Waals surface area contributed by atoms with Gasteiger partial charge in [0.05, 0.1) is 29.8 Å². The first kappa shape index (κ1) is 12.6. The van der Waals surface area contributed by atoms with Gasteiger partial charge in [-0.25, -0.2) is 13.9 Å². The van der Waals surface area contributed by atoms with Crippen LogP contribution in [0, 0.1) is 5.82 Å². The fourth-order valence-electron chi connectivity index (χ4n) is 2.01. The van der Waals surface area contributed by atoms with Crippen LogP contribution in [0.4, 0.5) is 4.39 Å².